The third-order valence-electron chi connectivity index (χ3n) is 3.99. The van der Waals surface area contributed by atoms with Crippen LogP contribution in [0.5, 0.6) is 0 Å². The number of ether oxygens (including phenoxy) is 1. The average Bonchev–Trinajstić information content (AvgIpc) is 2.95. The highest BCUT2D eigenvalue weighted by atomic mass is 19.1. The molecule has 5 nitrogen and oxygen atoms in total. The number of benzene rings is 1. The molecular weight excluding hydrogens is 283 g/mol. The van der Waals surface area contributed by atoms with Crippen molar-refractivity contribution < 1.29 is 9.13 Å². The maximum atomic E-state index is 13.1. The summed E-state index contributed by atoms with van der Waals surface area (Å²) in [6.07, 6.45) is 2.01. The van der Waals surface area contributed by atoms with Crippen molar-refractivity contribution in [3.8, 4) is 0 Å². The molecule has 0 saturated carbocycles. The number of nitrogens with one attached hydrogen (secondary N) is 1. The van der Waals surface area contributed by atoms with Crippen LogP contribution in [-0.2, 0) is 17.8 Å². The number of halogens is 1. The second-order valence-electron chi connectivity index (χ2n) is 5.71. The van der Waals surface area contributed by atoms with Crippen molar-refractivity contribution in [1.82, 2.24) is 20.1 Å². The molecule has 2 aromatic rings. The van der Waals surface area contributed by atoms with Gasteiger partial charge in [0.1, 0.15) is 11.6 Å². The fourth-order valence-electron chi connectivity index (χ4n) is 2.83. The van der Waals surface area contributed by atoms with Crippen LogP contribution in [0.3, 0.4) is 0 Å². The summed E-state index contributed by atoms with van der Waals surface area (Å²) in [6.45, 7) is 4.93. The molecule has 1 aromatic carbocycles. The van der Waals surface area contributed by atoms with E-state index < -0.39 is 0 Å². The van der Waals surface area contributed by atoms with Crippen molar-refractivity contribution in [3.05, 3.63) is 47.3 Å². The summed E-state index contributed by atoms with van der Waals surface area (Å²) < 4.78 is 18.5. The summed E-state index contributed by atoms with van der Waals surface area (Å²) >= 11 is 0. The minimum atomic E-state index is -0.203. The van der Waals surface area contributed by atoms with Gasteiger partial charge in [-0.2, -0.15) is 5.10 Å². The van der Waals surface area contributed by atoms with E-state index in [0.29, 0.717) is 12.6 Å². The number of aromatic nitrogens is 3. The first-order valence-electron chi connectivity index (χ1n) is 7.65. The molecule has 0 radical (unpaired) electrons. The molecule has 0 amide bonds. The molecule has 6 heteroatoms. The van der Waals surface area contributed by atoms with E-state index in [4.69, 9.17) is 4.74 Å². The minimum Gasteiger partial charge on any atom is -0.381 e. The Hall–Kier alpha value is -1.79. The molecule has 1 aliphatic heterocycles. The smallest absolute Gasteiger partial charge is 0.164 e. The van der Waals surface area contributed by atoms with Gasteiger partial charge in [-0.05, 0) is 37.5 Å². The molecule has 1 saturated heterocycles. The van der Waals surface area contributed by atoms with E-state index in [0.717, 1.165) is 49.8 Å². The Bertz CT molecular complexity index is 592. The number of hydrogen-bond donors (Lipinski definition) is 1. The summed E-state index contributed by atoms with van der Waals surface area (Å²) in [7, 11) is 0. The van der Waals surface area contributed by atoms with Gasteiger partial charge in [0.25, 0.3) is 0 Å². The van der Waals surface area contributed by atoms with Gasteiger partial charge in [-0.25, -0.2) is 9.37 Å². The molecule has 0 unspecified atom stereocenters. The Balaban J connectivity index is 1.73. The van der Waals surface area contributed by atoms with Gasteiger partial charge in [-0.1, -0.05) is 12.1 Å². The van der Waals surface area contributed by atoms with Crippen LogP contribution in [0.4, 0.5) is 4.39 Å². The summed E-state index contributed by atoms with van der Waals surface area (Å²) in [5.41, 5.74) is 1.10. The van der Waals surface area contributed by atoms with E-state index in [1.165, 1.54) is 12.1 Å². The highest BCUT2D eigenvalue weighted by Gasteiger charge is 2.23. The van der Waals surface area contributed by atoms with E-state index in [-0.39, 0.29) is 5.82 Å². The van der Waals surface area contributed by atoms with Crippen LogP contribution in [0.25, 0.3) is 0 Å². The lowest BCUT2D eigenvalue weighted by Crippen LogP contribution is -2.38. The Morgan fingerprint density at radius 3 is 2.59 bits per heavy atom. The molecular formula is C16H21FN4O. The van der Waals surface area contributed by atoms with Crippen molar-refractivity contribution in [2.45, 2.75) is 38.9 Å². The predicted molar refractivity (Wildman–Crippen MR) is 80.6 cm³/mol. The van der Waals surface area contributed by atoms with Gasteiger partial charge in [0.15, 0.2) is 5.82 Å². The SMILES string of the molecule is Cc1nc(CN(Cc2ccc(F)cc2)C2CCOCC2)n[nH]1. The first-order chi connectivity index (χ1) is 10.7. The average molecular weight is 304 g/mol. The Morgan fingerprint density at radius 1 is 1.23 bits per heavy atom. The van der Waals surface area contributed by atoms with Gasteiger partial charge < -0.3 is 4.74 Å². The first-order valence-corrected chi connectivity index (χ1v) is 7.65. The predicted octanol–water partition coefficient (Wildman–Crippen LogP) is 2.43. The Kier molecular flexibility index (Phi) is 4.80. The molecule has 22 heavy (non-hydrogen) atoms. The van der Waals surface area contributed by atoms with Gasteiger partial charge >= 0.3 is 0 Å². The van der Waals surface area contributed by atoms with Crippen LogP contribution in [0.15, 0.2) is 24.3 Å². The summed E-state index contributed by atoms with van der Waals surface area (Å²) in [5.74, 6) is 1.42. The largest absolute Gasteiger partial charge is 0.381 e. The third kappa shape index (κ3) is 3.90. The van der Waals surface area contributed by atoms with Gasteiger partial charge in [-0.15, -0.1) is 0 Å². The first kappa shape index (κ1) is 15.1. The van der Waals surface area contributed by atoms with Crippen LogP contribution in [0.2, 0.25) is 0 Å². The van der Waals surface area contributed by atoms with E-state index in [2.05, 4.69) is 20.1 Å². The van der Waals surface area contributed by atoms with Crippen LogP contribution < -0.4 is 0 Å². The van der Waals surface area contributed by atoms with Crippen molar-refractivity contribution in [2.75, 3.05) is 13.2 Å². The molecule has 1 N–H and O–H groups in total. The molecule has 0 bridgehead atoms. The van der Waals surface area contributed by atoms with Crippen LogP contribution >= 0.6 is 0 Å². The Morgan fingerprint density at radius 2 is 1.95 bits per heavy atom. The fourth-order valence-corrected chi connectivity index (χ4v) is 2.83. The zero-order valence-corrected chi connectivity index (χ0v) is 12.8. The normalized spacial score (nSPS) is 16.3. The molecule has 1 aromatic heterocycles. The minimum absolute atomic E-state index is 0.203. The zero-order valence-electron chi connectivity index (χ0n) is 12.8. The molecule has 2 heterocycles. The molecule has 118 valence electrons. The summed E-state index contributed by atoms with van der Waals surface area (Å²) in [6, 6.07) is 7.14. The van der Waals surface area contributed by atoms with Gasteiger partial charge in [0, 0.05) is 25.8 Å². The highest BCUT2D eigenvalue weighted by molar-refractivity contribution is 5.16. The molecule has 0 aliphatic carbocycles. The third-order valence-corrected chi connectivity index (χ3v) is 3.99. The fraction of sp³-hybridized carbons (Fsp3) is 0.500. The molecule has 3 rings (SSSR count). The maximum absolute atomic E-state index is 13.1. The molecule has 0 spiro atoms. The lowest BCUT2D eigenvalue weighted by atomic mass is 10.1. The van der Waals surface area contributed by atoms with Crippen LogP contribution in [0, 0.1) is 12.7 Å². The van der Waals surface area contributed by atoms with Gasteiger partial charge in [0.05, 0.1) is 6.54 Å². The standard InChI is InChI=1S/C16H21FN4O/c1-12-18-16(20-19-12)11-21(15-6-8-22-9-7-15)10-13-2-4-14(17)5-3-13/h2-5,15H,6-11H2,1H3,(H,18,19,20). The van der Waals surface area contributed by atoms with Crippen molar-refractivity contribution in [3.63, 3.8) is 0 Å². The van der Waals surface area contributed by atoms with Crippen LogP contribution in [0.1, 0.15) is 30.1 Å². The summed E-state index contributed by atoms with van der Waals surface area (Å²) in [5, 5.41) is 7.12. The highest BCUT2D eigenvalue weighted by Crippen LogP contribution is 2.19. The second-order valence-corrected chi connectivity index (χ2v) is 5.71. The number of H-pyrrole nitrogens is 1. The van der Waals surface area contributed by atoms with E-state index in [1.807, 2.05) is 19.1 Å². The topological polar surface area (TPSA) is 54.0 Å². The van der Waals surface area contributed by atoms with Crippen molar-refractivity contribution in [2.24, 2.45) is 0 Å². The summed E-state index contributed by atoms with van der Waals surface area (Å²) in [4.78, 5) is 6.76. The molecule has 1 fully saturated rings. The van der Waals surface area contributed by atoms with Crippen molar-refractivity contribution >= 4 is 0 Å². The van der Waals surface area contributed by atoms with E-state index in [1.54, 1.807) is 0 Å². The van der Waals surface area contributed by atoms with E-state index in [9.17, 15) is 4.39 Å². The van der Waals surface area contributed by atoms with E-state index >= 15 is 0 Å². The van der Waals surface area contributed by atoms with Gasteiger partial charge in [-0.3, -0.25) is 10.00 Å². The lowest BCUT2D eigenvalue weighted by Gasteiger charge is -2.33. The quantitative estimate of drug-likeness (QED) is 0.922. The number of hydrogen-bond acceptors (Lipinski definition) is 4. The van der Waals surface area contributed by atoms with Crippen LogP contribution in [-0.4, -0.2) is 39.3 Å². The second kappa shape index (κ2) is 6.98. The Labute approximate surface area is 129 Å². The van der Waals surface area contributed by atoms with Gasteiger partial charge in [0.2, 0.25) is 0 Å². The molecule has 0 atom stereocenters. The number of nitrogens with zero attached hydrogens (tertiary/aromatic N) is 3. The lowest BCUT2D eigenvalue weighted by molar-refractivity contribution is 0.0268. The number of aryl methyl sites for hydroxylation is 1. The number of aromatic amines is 1. The maximum Gasteiger partial charge on any atom is 0.164 e. The monoisotopic (exact) mass is 304 g/mol. The van der Waals surface area contributed by atoms with Crippen molar-refractivity contribution in [1.29, 1.82) is 0 Å². The number of rotatable bonds is 5. The zero-order chi connectivity index (χ0) is 15.4. The molecule has 1 aliphatic rings.